The van der Waals surface area contributed by atoms with E-state index in [1.807, 2.05) is 0 Å². The van der Waals surface area contributed by atoms with Gasteiger partial charge in [0.15, 0.2) is 6.61 Å². The van der Waals surface area contributed by atoms with Gasteiger partial charge in [0.25, 0.3) is 5.92 Å². The van der Waals surface area contributed by atoms with E-state index in [1.54, 1.807) is 18.2 Å². The van der Waals surface area contributed by atoms with Crippen molar-refractivity contribution < 1.29 is 13.5 Å². The lowest BCUT2D eigenvalue weighted by atomic mass is 10.3. The van der Waals surface area contributed by atoms with Crippen LogP contribution in [0.3, 0.4) is 0 Å². The molecule has 0 bridgehead atoms. The lowest BCUT2D eigenvalue weighted by molar-refractivity contribution is -0.0231. The van der Waals surface area contributed by atoms with E-state index in [-0.39, 0.29) is 0 Å². The molecule has 1 rings (SSSR count). The summed E-state index contributed by atoms with van der Waals surface area (Å²) in [7, 11) is 0. The van der Waals surface area contributed by atoms with Crippen LogP contribution in [0.25, 0.3) is 0 Å². The molecule has 0 aliphatic rings. The highest BCUT2D eigenvalue weighted by Crippen LogP contribution is 2.32. The van der Waals surface area contributed by atoms with Crippen molar-refractivity contribution in [2.45, 2.75) is 12.8 Å². The number of hydrogen-bond acceptors (Lipinski definition) is 1. The van der Waals surface area contributed by atoms with E-state index >= 15 is 0 Å². The van der Waals surface area contributed by atoms with Crippen LogP contribution in [-0.2, 0) is 0 Å². The Labute approximate surface area is 94.1 Å². The molecule has 5 heteroatoms. The van der Waals surface area contributed by atoms with Crippen molar-refractivity contribution >= 4 is 27.5 Å². The van der Waals surface area contributed by atoms with Gasteiger partial charge in [0, 0.05) is 6.92 Å². The van der Waals surface area contributed by atoms with E-state index < -0.39 is 12.5 Å². The second-order valence-electron chi connectivity index (χ2n) is 2.91. The first-order valence-corrected chi connectivity index (χ1v) is 5.02. The zero-order chi connectivity index (χ0) is 10.8. The summed E-state index contributed by atoms with van der Waals surface area (Å²) in [5, 5.41) is 0.432. The van der Waals surface area contributed by atoms with Crippen LogP contribution in [0.1, 0.15) is 6.92 Å². The molecular formula is C9H8BrClF2O. The van der Waals surface area contributed by atoms with Crippen molar-refractivity contribution in [1.82, 2.24) is 0 Å². The first-order valence-electron chi connectivity index (χ1n) is 3.85. The fourth-order valence-electron chi connectivity index (χ4n) is 0.800. The molecule has 1 aromatic rings. The maximum atomic E-state index is 12.5. The van der Waals surface area contributed by atoms with Gasteiger partial charge in [0.2, 0.25) is 0 Å². The average molecular weight is 286 g/mol. The van der Waals surface area contributed by atoms with Gasteiger partial charge in [-0.1, -0.05) is 17.7 Å². The normalized spacial score (nSPS) is 11.5. The molecule has 0 aliphatic heterocycles. The summed E-state index contributed by atoms with van der Waals surface area (Å²) in [4.78, 5) is 0. The van der Waals surface area contributed by atoms with Crippen molar-refractivity contribution in [1.29, 1.82) is 0 Å². The molecule has 0 aromatic heterocycles. The van der Waals surface area contributed by atoms with Gasteiger partial charge in [0.1, 0.15) is 5.75 Å². The Kier molecular flexibility index (Phi) is 3.72. The van der Waals surface area contributed by atoms with Crippen LogP contribution in [0.2, 0.25) is 5.02 Å². The first-order chi connectivity index (χ1) is 6.40. The van der Waals surface area contributed by atoms with Gasteiger partial charge >= 0.3 is 0 Å². The Morgan fingerprint density at radius 2 is 2.14 bits per heavy atom. The Hall–Kier alpha value is -0.350. The number of benzene rings is 1. The Bertz CT molecular complexity index is 325. The molecule has 1 aromatic carbocycles. The predicted octanol–water partition coefficient (Wildman–Crippen LogP) is 4.14. The Morgan fingerprint density at radius 3 is 2.71 bits per heavy atom. The van der Waals surface area contributed by atoms with Crippen molar-refractivity contribution in [3.05, 3.63) is 27.7 Å². The van der Waals surface area contributed by atoms with Crippen molar-refractivity contribution in [3.63, 3.8) is 0 Å². The zero-order valence-corrected chi connectivity index (χ0v) is 9.70. The van der Waals surface area contributed by atoms with E-state index in [0.717, 1.165) is 6.92 Å². The molecule has 0 heterocycles. The van der Waals surface area contributed by atoms with Crippen molar-refractivity contribution in [2.75, 3.05) is 6.61 Å². The van der Waals surface area contributed by atoms with Crippen LogP contribution in [0.15, 0.2) is 22.7 Å². The molecule has 0 spiro atoms. The Morgan fingerprint density at radius 1 is 1.50 bits per heavy atom. The summed E-state index contributed by atoms with van der Waals surface area (Å²) in [6.45, 7) is 0.136. The summed E-state index contributed by atoms with van der Waals surface area (Å²) in [5.74, 6) is -2.53. The number of rotatable bonds is 3. The highest BCUT2D eigenvalue weighted by atomic mass is 79.9. The third kappa shape index (κ3) is 3.42. The summed E-state index contributed by atoms with van der Waals surface area (Å²) in [5.41, 5.74) is 0. The lowest BCUT2D eigenvalue weighted by Gasteiger charge is -2.13. The van der Waals surface area contributed by atoms with Gasteiger partial charge in [-0.15, -0.1) is 0 Å². The highest BCUT2D eigenvalue weighted by molar-refractivity contribution is 9.10. The molecule has 0 aliphatic carbocycles. The number of halogens is 4. The molecule has 0 fully saturated rings. The van der Waals surface area contributed by atoms with Crippen LogP contribution in [-0.4, -0.2) is 12.5 Å². The Balaban J connectivity index is 2.73. The maximum Gasteiger partial charge on any atom is 0.278 e. The minimum atomic E-state index is -2.85. The van der Waals surface area contributed by atoms with E-state index in [9.17, 15) is 8.78 Å². The molecule has 0 saturated heterocycles. The maximum absolute atomic E-state index is 12.5. The zero-order valence-electron chi connectivity index (χ0n) is 7.36. The molecule has 0 unspecified atom stereocenters. The minimum absolute atomic E-state index is 0.319. The average Bonchev–Trinajstić information content (AvgIpc) is 2.06. The van der Waals surface area contributed by atoms with Gasteiger partial charge in [-0.3, -0.25) is 0 Å². The summed E-state index contributed by atoms with van der Waals surface area (Å²) in [6, 6.07) is 4.85. The topological polar surface area (TPSA) is 9.23 Å². The second kappa shape index (κ2) is 4.45. The SMILES string of the molecule is CC(F)(F)COc1cccc(Cl)c1Br. The van der Waals surface area contributed by atoms with Crippen LogP contribution < -0.4 is 4.74 Å². The molecule has 0 N–H and O–H groups in total. The van der Waals surface area contributed by atoms with Crippen LogP contribution in [0.4, 0.5) is 8.78 Å². The standard InChI is InChI=1S/C9H8BrClF2O/c1-9(12,13)5-14-7-4-2-3-6(11)8(7)10/h2-4H,5H2,1H3. The highest BCUT2D eigenvalue weighted by Gasteiger charge is 2.22. The summed E-state index contributed by atoms with van der Waals surface area (Å²) < 4.78 is 30.3. The molecule has 14 heavy (non-hydrogen) atoms. The first kappa shape index (κ1) is 11.7. The fourth-order valence-corrected chi connectivity index (χ4v) is 1.34. The molecule has 1 nitrogen and oxygen atoms in total. The third-order valence-corrected chi connectivity index (χ3v) is 2.76. The van der Waals surface area contributed by atoms with Crippen LogP contribution in [0, 0.1) is 0 Å². The van der Waals surface area contributed by atoms with E-state index in [2.05, 4.69) is 15.9 Å². The molecule has 0 atom stereocenters. The van der Waals surface area contributed by atoms with Crippen molar-refractivity contribution in [3.8, 4) is 5.75 Å². The quantitative estimate of drug-likeness (QED) is 0.811. The van der Waals surface area contributed by atoms with E-state index in [0.29, 0.717) is 15.2 Å². The smallest absolute Gasteiger partial charge is 0.278 e. The monoisotopic (exact) mass is 284 g/mol. The lowest BCUT2D eigenvalue weighted by Crippen LogP contribution is -2.21. The molecular weight excluding hydrogens is 277 g/mol. The van der Waals surface area contributed by atoms with Gasteiger partial charge in [0.05, 0.1) is 9.50 Å². The molecule has 0 radical (unpaired) electrons. The summed E-state index contributed by atoms with van der Waals surface area (Å²) >= 11 is 8.90. The van der Waals surface area contributed by atoms with Crippen LogP contribution in [0.5, 0.6) is 5.75 Å². The van der Waals surface area contributed by atoms with Gasteiger partial charge in [-0.2, -0.15) is 0 Å². The fraction of sp³-hybridized carbons (Fsp3) is 0.333. The number of hydrogen-bond donors (Lipinski definition) is 0. The van der Waals surface area contributed by atoms with E-state index in [4.69, 9.17) is 16.3 Å². The summed E-state index contributed by atoms with van der Waals surface area (Å²) in [6.07, 6.45) is 0. The second-order valence-corrected chi connectivity index (χ2v) is 4.11. The third-order valence-electron chi connectivity index (χ3n) is 1.40. The number of alkyl halides is 2. The minimum Gasteiger partial charge on any atom is -0.486 e. The largest absolute Gasteiger partial charge is 0.486 e. The number of ether oxygens (including phenoxy) is 1. The van der Waals surface area contributed by atoms with Gasteiger partial charge in [-0.25, -0.2) is 8.78 Å². The molecule has 0 saturated carbocycles. The van der Waals surface area contributed by atoms with Gasteiger partial charge < -0.3 is 4.74 Å². The molecule has 0 amide bonds. The van der Waals surface area contributed by atoms with Crippen LogP contribution >= 0.6 is 27.5 Å². The van der Waals surface area contributed by atoms with E-state index in [1.165, 1.54) is 0 Å². The van der Waals surface area contributed by atoms with Gasteiger partial charge in [-0.05, 0) is 28.1 Å². The molecule has 78 valence electrons. The van der Waals surface area contributed by atoms with Crippen molar-refractivity contribution in [2.24, 2.45) is 0 Å². The predicted molar refractivity (Wildman–Crippen MR) is 55.3 cm³/mol.